The minimum absolute atomic E-state index is 0.0322. The molecule has 7 heteroatoms. The van der Waals surface area contributed by atoms with Crippen LogP contribution in [0.4, 0.5) is 0 Å². The molecule has 0 N–H and O–H groups in total. The fourth-order valence-electron chi connectivity index (χ4n) is 3.60. The van der Waals surface area contributed by atoms with E-state index in [0.29, 0.717) is 12.4 Å². The van der Waals surface area contributed by atoms with Gasteiger partial charge < -0.3 is 18.9 Å². The van der Waals surface area contributed by atoms with Crippen LogP contribution < -0.4 is 14.2 Å². The highest BCUT2D eigenvalue weighted by Crippen LogP contribution is 2.29. The summed E-state index contributed by atoms with van der Waals surface area (Å²) in [6.07, 6.45) is -0.468. The molecule has 0 fully saturated rings. The quantitative estimate of drug-likeness (QED) is 0.109. The lowest BCUT2D eigenvalue weighted by atomic mass is 10.1. The highest BCUT2D eigenvalue weighted by atomic mass is 16.5. The van der Waals surface area contributed by atoms with Crippen molar-refractivity contribution in [1.29, 1.82) is 0 Å². The number of methoxy groups -OCH3 is 1. The maximum atomic E-state index is 13.2. The van der Waals surface area contributed by atoms with Crippen molar-refractivity contribution in [2.75, 3.05) is 7.11 Å². The molecule has 0 radical (unpaired) electrons. The molecule has 192 valence electrons. The maximum Gasteiger partial charge on any atom is 0.347 e. The second-order valence-corrected chi connectivity index (χ2v) is 8.27. The van der Waals surface area contributed by atoms with Crippen LogP contribution in [0.25, 0.3) is 0 Å². The topological polar surface area (TPSA) is 88.1 Å². The molecule has 0 atom stereocenters. The van der Waals surface area contributed by atoms with Crippen LogP contribution in [-0.2, 0) is 22.7 Å². The minimum Gasteiger partial charge on any atom is -0.489 e. The number of ketones is 1. The fraction of sp³-hybridized carbons (Fsp3) is 0.129. The number of hydrogen-bond acceptors (Lipinski definition) is 7. The predicted octanol–water partition coefficient (Wildman–Crippen LogP) is 5.81. The van der Waals surface area contributed by atoms with Gasteiger partial charge in [-0.15, -0.1) is 0 Å². The zero-order chi connectivity index (χ0) is 26.7. The number of para-hydroxylation sites is 1. The molecule has 0 saturated heterocycles. The highest BCUT2D eigenvalue weighted by Gasteiger charge is 2.21. The Kier molecular flexibility index (Phi) is 8.86. The maximum absolute atomic E-state index is 13.2. The van der Waals surface area contributed by atoms with Crippen LogP contribution in [0.5, 0.6) is 17.2 Å². The smallest absolute Gasteiger partial charge is 0.347 e. The van der Waals surface area contributed by atoms with Crippen molar-refractivity contribution in [2.45, 2.75) is 19.6 Å². The summed E-state index contributed by atoms with van der Waals surface area (Å²) in [5.74, 6) is -1.11. The zero-order valence-corrected chi connectivity index (χ0v) is 20.8. The van der Waals surface area contributed by atoms with Crippen molar-refractivity contribution in [3.05, 3.63) is 125 Å². The normalized spacial score (nSPS) is 10.3. The van der Waals surface area contributed by atoms with E-state index in [0.717, 1.165) is 11.1 Å². The molecule has 0 aliphatic heterocycles. The van der Waals surface area contributed by atoms with Gasteiger partial charge in [0.05, 0.1) is 12.7 Å². The van der Waals surface area contributed by atoms with E-state index in [1.54, 1.807) is 30.3 Å². The molecular formula is C31H26O7. The van der Waals surface area contributed by atoms with Crippen molar-refractivity contribution in [3.63, 3.8) is 0 Å². The molecule has 4 rings (SSSR count). The number of rotatable bonds is 11. The lowest BCUT2D eigenvalue weighted by Gasteiger charge is -2.15. The molecule has 7 nitrogen and oxygen atoms in total. The molecule has 0 saturated carbocycles. The van der Waals surface area contributed by atoms with Crippen molar-refractivity contribution in [1.82, 2.24) is 0 Å². The van der Waals surface area contributed by atoms with Gasteiger partial charge in [0, 0.05) is 6.07 Å². The first-order valence-corrected chi connectivity index (χ1v) is 11.9. The largest absolute Gasteiger partial charge is 0.489 e. The van der Waals surface area contributed by atoms with Crippen LogP contribution in [0.1, 0.15) is 38.3 Å². The number of esters is 2. The summed E-state index contributed by atoms with van der Waals surface area (Å²) in [4.78, 5) is 37.4. The average Bonchev–Trinajstić information content (AvgIpc) is 2.96. The first-order valence-electron chi connectivity index (χ1n) is 11.9. The van der Waals surface area contributed by atoms with Crippen LogP contribution in [0.15, 0.2) is 103 Å². The van der Waals surface area contributed by atoms with Crippen molar-refractivity contribution >= 4 is 17.7 Å². The second kappa shape index (κ2) is 12.9. The van der Waals surface area contributed by atoms with E-state index in [1.165, 1.54) is 19.2 Å². The second-order valence-electron chi connectivity index (χ2n) is 8.27. The number of carbonyl (C=O) groups is 3. The van der Waals surface area contributed by atoms with Crippen LogP contribution >= 0.6 is 0 Å². The Morgan fingerprint density at radius 3 is 1.89 bits per heavy atom. The van der Waals surface area contributed by atoms with E-state index in [4.69, 9.17) is 14.2 Å². The Morgan fingerprint density at radius 2 is 1.24 bits per heavy atom. The van der Waals surface area contributed by atoms with Crippen LogP contribution in [0, 0.1) is 0 Å². The number of hydrogen-bond donors (Lipinski definition) is 0. The fourth-order valence-corrected chi connectivity index (χ4v) is 3.60. The first-order chi connectivity index (χ1) is 18.5. The summed E-state index contributed by atoms with van der Waals surface area (Å²) in [5.41, 5.74) is 2.17. The van der Waals surface area contributed by atoms with E-state index < -0.39 is 24.1 Å². The zero-order valence-electron chi connectivity index (χ0n) is 20.8. The van der Waals surface area contributed by atoms with E-state index in [1.807, 2.05) is 60.7 Å². The van der Waals surface area contributed by atoms with Crippen molar-refractivity contribution < 1.29 is 33.3 Å². The number of ether oxygens (including phenoxy) is 4. The van der Waals surface area contributed by atoms with Crippen molar-refractivity contribution in [3.8, 4) is 17.2 Å². The summed E-state index contributed by atoms with van der Waals surface area (Å²) in [5, 5.41) is 0. The summed E-state index contributed by atoms with van der Waals surface area (Å²) >= 11 is 0. The number of carbonyl (C=O) groups excluding carboxylic acids is 3. The molecule has 0 heterocycles. The Labute approximate surface area is 220 Å². The Balaban J connectivity index is 1.57. The Morgan fingerprint density at radius 1 is 0.632 bits per heavy atom. The third-order valence-electron chi connectivity index (χ3n) is 5.58. The van der Waals surface area contributed by atoms with Gasteiger partial charge in [-0.2, -0.15) is 0 Å². The molecule has 4 aromatic rings. The molecule has 0 bridgehead atoms. The summed E-state index contributed by atoms with van der Waals surface area (Å²) in [7, 11) is 1.20. The van der Waals surface area contributed by atoms with Gasteiger partial charge in [0.15, 0.2) is 5.78 Å². The van der Waals surface area contributed by atoms with Gasteiger partial charge in [0.25, 0.3) is 0 Å². The van der Waals surface area contributed by atoms with Gasteiger partial charge in [-0.25, -0.2) is 4.79 Å². The van der Waals surface area contributed by atoms with E-state index in [-0.39, 0.29) is 29.2 Å². The molecule has 38 heavy (non-hydrogen) atoms. The number of Topliss-reactive ketones (excluding diaryl/α,β-unsaturated/α-hetero) is 1. The third kappa shape index (κ3) is 7.07. The summed E-state index contributed by atoms with van der Waals surface area (Å²) in [6.45, 7) is 0.565. The monoisotopic (exact) mass is 510 g/mol. The van der Waals surface area contributed by atoms with E-state index in [9.17, 15) is 14.4 Å². The Hall–Kier alpha value is -4.91. The van der Waals surface area contributed by atoms with Crippen LogP contribution in [0.3, 0.4) is 0 Å². The lowest BCUT2D eigenvalue weighted by molar-refractivity contribution is -0.139. The molecular weight excluding hydrogens is 484 g/mol. The van der Waals surface area contributed by atoms with Crippen LogP contribution in [-0.4, -0.2) is 24.8 Å². The average molecular weight is 511 g/mol. The molecule has 0 aliphatic rings. The minimum atomic E-state index is -0.721. The van der Waals surface area contributed by atoms with Gasteiger partial charge in [0.2, 0.25) is 0 Å². The molecule has 0 aliphatic carbocycles. The van der Waals surface area contributed by atoms with Gasteiger partial charge in [0.1, 0.15) is 42.4 Å². The SMILES string of the molecule is COC(=O)CC(=O)c1ccccc1OC(=O)c1ccc(OCc2ccccc2)cc1OCc1ccccc1. The van der Waals surface area contributed by atoms with Crippen LogP contribution in [0.2, 0.25) is 0 Å². The molecule has 0 unspecified atom stereocenters. The standard InChI is InChI=1S/C31H26O7/c1-35-30(33)19-27(32)25-14-8-9-15-28(25)38-31(34)26-17-16-24(36-20-22-10-4-2-5-11-22)18-29(26)37-21-23-12-6-3-7-13-23/h2-18H,19-21H2,1H3. The highest BCUT2D eigenvalue weighted by molar-refractivity contribution is 6.08. The van der Waals surface area contributed by atoms with E-state index in [2.05, 4.69) is 4.74 Å². The molecule has 0 spiro atoms. The Bertz CT molecular complexity index is 1400. The van der Waals surface area contributed by atoms with Gasteiger partial charge in [-0.1, -0.05) is 72.8 Å². The lowest BCUT2D eigenvalue weighted by Crippen LogP contribution is -2.15. The summed E-state index contributed by atoms with van der Waals surface area (Å²) < 4.78 is 22.1. The molecule has 0 aromatic heterocycles. The summed E-state index contributed by atoms with van der Waals surface area (Å²) in [6, 6.07) is 30.3. The number of benzene rings is 4. The molecule has 0 amide bonds. The third-order valence-corrected chi connectivity index (χ3v) is 5.58. The van der Waals surface area contributed by atoms with Gasteiger partial charge >= 0.3 is 11.9 Å². The molecule has 4 aromatic carbocycles. The van der Waals surface area contributed by atoms with Crippen molar-refractivity contribution in [2.24, 2.45) is 0 Å². The van der Waals surface area contributed by atoms with Gasteiger partial charge in [-0.05, 0) is 35.4 Å². The van der Waals surface area contributed by atoms with Gasteiger partial charge in [-0.3, -0.25) is 9.59 Å². The van der Waals surface area contributed by atoms with E-state index >= 15 is 0 Å². The predicted molar refractivity (Wildman–Crippen MR) is 140 cm³/mol. The first kappa shape index (κ1) is 26.2.